The molecule has 0 heterocycles. The first-order valence-corrected chi connectivity index (χ1v) is 6.87. The Kier molecular flexibility index (Phi) is 4.61. The summed E-state index contributed by atoms with van der Waals surface area (Å²) in [6.45, 7) is 0.204. The zero-order chi connectivity index (χ0) is 14.4. The molecule has 1 aliphatic carbocycles. The second kappa shape index (κ2) is 6.41. The highest BCUT2D eigenvalue weighted by atomic mass is 16.6. The average molecular weight is 278 g/mol. The van der Waals surface area contributed by atoms with E-state index in [1.807, 2.05) is 30.3 Å². The summed E-state index contributed by atoms with van der Waals surface area (Å²) in [5, 5.41) is 19.2. The number of aliphatic hydroxyl groups excluding tert-OH is 1. The molecule has 1 aromatic rings. The van der Waals surface area contributed by atoms with Gasteiger partial charge in [0.05, 0.1) is 0 Å². The van der Waals surface area contributed by atoms with E-state index in [9.17, 15) is 15.0 Å². The van der Waals surface area contributed by atoms with E-state index >= 15 is 0 Å². The Morgan fingerprint density at radius 1 is 1.15 bits per heavy atom. The molecule has 108 valence electrons. The van der Waals surface area contributed by atoms with Gasteiger partial charge in [0.1, 0.15) is 6.61 Å². The van der Waals surface area contributed by atoms with E-state index in [0.29, 0.717) is 12.8 Å². The van der Waals surface area contributed by atoms with Crippen molar-refractivity contribution in [1.82, 2.24) is 0 Å². The SMILES string of the molecule is O=C(O)C1([NH+]=C(O)OCc2ccccc2)CCCCC1. The summed E-state index contributed by atoms with van der Waals surface area (Å²) >= 11 is 0. The van der Waals surface area contributed by atoms with Crippen LogP contribution in [0, 0.1) is 0 Å². The van der Waals surface area contributed by atoms with Gasteiger partial charge in [-0.25, -0.2) is 4.79 Å². The lowest BCUT2D eigenvalue weighted by Gasteiger charge is -2.23. The van der Waals surface area contributed by atoms with Crippen molar-refractivity contribution in [1.29, 1.82) is 0 Å². The Morgan fingerprint density at radius 3 is 2.40 bits per heavy atom. The third-order valence-electron chi connectivity index (χ3n) is 3.68. The van der Waals surface area contributed by atoms with E-state index in [4.69, 9.17) is 4.74 Å². The first-order valence-electron chi connectivity index (χ1n) is 6.87. The lowest BCUT2D eigenvalue weighted by molar-refractivity contribution is -0.560. The molecule has 20 heavy (non-hydrogen) atoms. The highest BCUT2D eigenvalue weighted by Gasteiger charge is 2.46. The number of aliphatic carboxylic acids is 1. The van der Waals surface area contributed by atoms with Crippen LogP contribution in [0.3, 0.4) is 0 Å². The third-order valence-corrected chi connectivity index (χ3v) is 3.68. The van der Waals surface area contributed by atoms with Crippen molar-refractivity contribution in [3.63, 3.8) is 0 Å². The molecule has 0 saturated heterocycles. The number of hydrogen-bond donors (Lipinski definition) is 3. The van der Waals surface area contributed by atoms with Gasteiger partial charge in [0, 0.05) is 12.8 Å². The summed E-state index contributed by atoms with van der Waals surface area (Å²) in [6.07, 6.45) is 3.29. The van der Waals surface area contributed by atoms with Gasteiger partial charge in [0.15, 0.2) is 0 Å². The Labute approximate surface area is 117 Å². The highest BCUT2D eigenvalue weighted by Crippen LogP contribution is 2.24. The van der Waals surface area contributed by atoms with Crippen LogP contribution in [-0.4, -0.2) is 27.8 Å². The lowest BCUT2D eigenvalue weighted by Crippen LogP contribution is -2.91. The van der Waals surface area contributed by atoms with E-state index in [1.54, 1.807) is 0 Å². The normalized spacial score (nSPS) is 18.5. The van der Waals surface area contributed by atoms with Crippen molar-refractivity contribution in [3.05, 3.63) is 35.9 Å². The maximum absolute atomic E-state index is 11.4. The van der Waals surface area contributed by atoms with Crippen molar-refractivity contribution < 1.29 is 24.7 Å². The molecule has 1 saturated carbocycles. The van der Waals surface area contributed by atoms with Crippen molar-refractivity contribution >= 4 is 12.1 Å². The number of ether oxygens (including phenoxy) is 1. The fourth-order valence-electron chi connectivity index (χ4n) is 2.51. The van der Waals surface area contributed by atoms with Gasteiger partial charge in [-0.3, -0.25) is 0 Å². The summed E-state index contributed by atoms with van der Waals surface area (Å²) in [6, 6.07) is 9.40. The fourth-order valence-corrected chi connectivity index (χ4v) is 2.51. The van der Waals surface area contributed by atoms with Crippen LogP contribution in [-0.2, 0) is 16.1 Å². The van der Waals surface area contributed by atoms with E-state index in [-0.39, 0.29) is 6.61 Å². The molecule has 1 fully saturated rings. The molecule has 5 nitrogen and oxygen atoms in total. The van der Waals surface area contributed by atoms with Crippen LogP contribution < -0.4 is 4.99 Å². The molecule has 2 rings (SSSR count). The summed E-state index contributed by atoms with van der Waals surface area (Å²) in [4.78, 5) is 14.1. The van der Waals surface area contributed by atoms with Crippen LogP contribution in [0.5, 0.6) is 0 Å². The number of carboxylic acid groups (broad SMARTS) is 1. The molecule has 3 N–H and O–H groups in total. The smallest absolute Gasteiger partial charge is 0.476 e. The molecule has 1 aliphatic rings. The van der Waals surface area contributed by atoms with Crippen LogP contribution in [0.15, 0.2) is 30.3 Å². The second-order valence-corrected chi connectivity index (χ2v) is 5.15. The van der Waals surface area contributed by atoms with E-state index in [1.165, 1.54) is 0 Å². The molecule has 0 unspecified atom stereocenters. The van der Waals surface area contributed by atoms with Gasteiger partial charge in [-0.05, 0) is 18.4 Å². The number of rotatable bonds is 4. The van der Waals surface area contributed by atoms with E-state index < -0.39 is 17.6 Å². The monoisotopic (exact) mass is 278 g/mol. The molecule has 0 amide bonds. The van der Waals surface area contributed by atoms with Gasteiger partial charge >= 0.3 is 12.1 Å². The number of hydrogen-bond acceptors (Lipinski definition) is 2. The Bertz CT molecular complexity index is 478. The molecule has 0 bridgehead atoms. The largest absolute Gasteiger partial charge is 0.546 e. The molecule has 5 heteroatoms. The lowest BCUT2D eigenvalue weighted by atomic mass is 9.82. The minimum Gasteiger partial charge on any atom is -0.476 e. The van der Waals surface area contributed by atoms with Crippen LogP contribution in [0.1, 0.15) is 37.7 Å². The first-order chi connectivity index (χ1) is 9.62. The van der Waals surface area contributed by atoms with Crippen LogP contribution in [0.25, 0.3) is 0 Å². The second-order valence-electron chi connectivity index (χ2n) is 5.15. The zero-order valence-corrected chi connectivity index (χ0v) is 11.3. The average Bonchev–Trinajstić information content (AvgIpc) is 2.47. The minimum atomic E-state index is -1.10. The summed E-state index contributed by atoms with van der Waals surface area (Å²) in [7, 11) is 0. The predicted octanol–water partition coefficient (Wildman–Crippen LogP) is 0.985. The van der Waals surface area contributed by atoms with Crippen molar-refractivity contribution in [3.8, 4) is 0 Å². The predicted molar refractivity (Wildman–Crippen MR) is 73.3 cm³/mol. The molecule has 0 aromatic heterocycles. The quantitative estimate of drug-likeness (QED) is 0.566. The molecule has 0 aliphatic heterocycles. The molecule has 0 atom stereocenters. The minimum absolute atomic E-state index is 0.204. The maximum atomic E-state index is 11.4. The molecule has 0 radical (unpaired) electrons. The van der Waals surface area contributed by atoms with Gasteiger partial charge in [-0.2, -0.15) is 4.99 Å². The van der Waals surface area contributed by atoms with Gasteiger partial charge < -0.3 is 14.9 Å². The fraction of sp³-hybridized carbons (Fsp3) is 0.467. The van der Waals surface area contributed by atoms with Crippen molar-refractivity contribution in [2.24, 2.45) is 0 Å². The van der Waals surface area contributed by atoms with Crippen LogP contribution in [0.2, 0.25) is 0 Å². The number of benzene rings is 1. The Hall–Kier alpha value is -2.04. The van der Waals surface area contributed by atoms with E-state index in [0.717, 1.165) is 24.8 Å². The molecular formula is C15H20NO4+. The number of nitrogens with one attached hydrogen (secondary N) is 1. The number of carbonyl (C=O) groups is 1. The highest BCUT2D eigenvalue weighted by molar-refractivity contribution is 5.77. The zero-order valence-electron chi connectivity index (χ0n) is 11.3. The number of carboxylic acids is 1. The summed E-state index contributed by atoms with van der Waals surface area (Å²) in [5.41, 5.74) is -0.187. The van der Waals surface area contributed by atoms with Gasteiger partial charge in [0.2, 0.25) is 0 Å². The first kappa shape index (κ1) is 14.4. The molecule has 0 spiro atoms. The number of aliphatic hydroxyl groups is 1. The maximum Gasteiger partial charge on any atom is 0.546 e. The standard InChI is InChI=1S/C15H19NO4/c17-13(18)15(9-5-2-6-10-15)16-14(19)20-11-12-7-3-1-4-8-12/h1,3-4,7-8H,2,5-6,9-11H2,(H,16,19)(H,17,18)/p+1. The topological polar surface area (TPSA) is 80.7 Å². The van der Waals surface area contributed by atoms with Crippen LogP contribution >= 0.6 is 0 Å². The van der Waals surface area contributed by atoms with Crippen molar-refractivity contribution in [2.75, 3.05) is 0 Å². The Morgan fingerprint density at radius 2 is 1.80 bits per heavy atom. The summed E-state index contributed by atoms with van der Waals surface area (Å²) in [5.74, 6) is -0.938. The van der Waals surface area contributed by atoms with Gasteiger partial charge in [-0.1, -0.05) is 36.8 Å². The van der Waals surface area contributed by atoms with Crippen molar-refractivity contribution in [2.45, 2.75) is 44.2 Å². The third kappa shape index (κ3) is 3.50. The summed E-state index contributed by atoms with van der Waals surface area (Å²) < 4.78 is 5.20. The molecular weight excluding hydrogens is 258 g/mol. The van der Waals surface area contributed by atoms with Gasteiger partial charge in [-0.15, -0.1) is 0 Å². The van der Waals surface area contributed by atoms with Gasteiger partial charge in [0.25, 0.3) is 5.54 Å². The Balaban J connectivity index is 2.02. The van der Waals surface area contributed by atoms with Crippen LogP contribution in [0.4, 0.5) is 0 Å². The molecule has 1 aromatic carbocycles. The van der Waals surface area contributed by atoms with E-state index in [2.05, 4.69) is 4.99 Å².